The van der Waals surface area contributed by atoms with E-state index in [1.807, 2.05) is 36.4 Å². The Hall–Kier alpha value is -4.78. The SMILES string of the molecule is COc1cc(CN)nc(-c2ccccn2)c1.COc1cc(CNS(=O)(=O)c2ccc(F)cc2)nc(-c2ccccn2)c1. The van der Waals surface area contributed by atoms with E-state index in [1.165, 1.54) is 19.2 Å². The number of rotatable bonds is 9. The van der Waals surface area contributed by atoms with Crippen molar-refractivity contribution in [3.63, 3.8) is 0 Å². The number of methoxy groups -OCH3 is 2. The molecule has 0 fully saturated rings. The van der Waals surface area contributed by atoms with Gasteiger partial charge in [-0.2, -0.15) is 0 Å². The second-order valence-corrected chi connectivity index (χ2v) is 10.4. The van der Waals surface area contributed by atoms with Crippen molar-refractivity contribution >= 4 is 10.0 Å². The molecule has 4 aromatic heterocycles. The Morgan fingerprint density at radius 1 is 0.738 bits per heavy atom. The maximum Gasteiger partial charge on any atom is 0.240 e. The number of nitrogens with one attached hydrogen (secondary N) is 1. The third-order valence-corrected chi connectivity index (χ3v) is 7.22. The number of hydrogen-bond acceptors (Lipinski definition) is 9. The molecule has 0 unspecified atom stereocenters. The van der Waals surface area contributed by atoms with Crippen LogP contribution in [0.15, 0.2) is 102 Å². The van der Waals surface area contributed by atoms with E-state index in [0.29, 0.717) is 29.4 Å². The van der Waals surface area contributed by atoms with Gasteiger partial charge < -0.3 is 15.2 Å². The topological polar surface area (TPSA) is 142 Å². The highest BCUT2D eigenvalue weighted by Gasteiger charge is 2.15. The quantitative estimate of drug-likeness (QED) is 0.256. The van der Waals surface area contributed by atoms with Crippen LogP contribution in [0.3, 0.4) is 0 Å². The number of nitrogens with two attached hydrogens (primary N) is 1. The summed E-state index contributed by atoms with van der Waals surface area (Å²) in [5, 5.41) is 0. The Morgan fingerprint density at radius 2 is 1.26 bits per heavy atom. The fourth-order valence-electron chi connectivity index (χ4n) is 3.71. The minimum Gasteiger partial charge on any atom is -0.497 e. The van der Waals surface area contributed by atoms with Crippen LogP contribution in [0.2, 0.25) is 0 Å². The van der Waals surface area contributed by atoms with Crippen LogP contribution in [0, 0.1) is 5.82 Å². The average molecular weight is 589 g/mol. The summed E-state index contributed by atoms with van der Waals surface area (Å²) in [7, 11) is -0.645. The molecule has 4 heterocycles. The van der Waals surface area contributed by atoms with Crippen molar-refractivity contribution in [2.24, 2.45) is 5.73 Å². The van der Waals surface area contributed by atoms with Crippen molar-refractivity contribution in [2.75, 3.05) is 14.2 Å². The van der Waals surface area contributed by atoms with Crippen LogP contribution >= 0.6 is 0 Å². The molecule has 42 heavy (non-hydrogen) atoms. The molecule has 0 saturated carbocycles. The number of nitrogens with zero attached hydrogens (tertiary/aromatic N) is 4. The standard InChI is InChI=1S/C18H16FN3O3S.C12H13N3O/c1-25-15-10-14(22-18(11-15)17-4-2-3-9-20-17)12-21-26(23,24)16-7-5-13(19)6-8-16;1-16-10-6-9(8-13)15-12(7-10)11-4-2-3-5-14-11/h2-11,21H,12H2,1H3;2-7H,8,13H2,1H3. The van der Waals surface area contributed by atoms with Gasteiger partial charge in [-0.05, 0) is 48.5 Å². The Bertz CT molecular complexity index is 1690. The highest BCUT2D eigenvalue weighted by atomic mass is 32.2. The molecule has 0 aliphatic rings. The van der Waals surface area contributed by atoms with E-state index in [1.54, 1.807) is 43.8 Å². The summed E-state index contributed by atoms with van der Waals surface area (Å²) < 4.78 is 50.5. The summed E-state index contributed by atoms with van der Waals surface area (Å²) in [4.78, 5) is 17.3. The lowest BCUT2D eigenvalue weighted by atomic mass is 10.2. The van der Waals surface area contributed by atoms with Gasteiger partial charge in [0.2, 0.25) is 10.0 Å². The molecule has 0 aliphatic carbocycles. The first-order valence-electron chi connectivity index (χ1n) is 12.7. The van der Waals surface area contributed by atoms with E-state index in [2.05, 4.69) is 24.7 Å². The number of ether oxygens (including phenoxy) is 2. The van der Waals surface area contributed by atoms with Gasteiger partial charge in [0.15, 0.2) is 0 Å². The molecular weight excluding hydrogens is 559 g/mol. The van der Waals surface area contributed by atoms with Gasteiger partial charge in [-0.3, -0.25) is 9.97 Å². The third-order valence-electron chi connectivity index (χ3n) is 5.81. The predicted octanol–water partition coefficient (Wildman–Crippen LogP) is 4.38. The normalized spacial score (nSPS) is 10.9. The lowest BCUT2D eigenvalue weighted by Crippen LogP contribution is -2.23. The van der Waals surface area contributed by atoms with Gasteiger partial charge in [0, 0.05) is 43.2 Å². The molecule has 0 amide bonds. The number of sulfonamides is 1. The maximum absolute atomic E-state index is 13.0. The van der Waals surface area contributed by atoms with Crippen LogP contribution in [0.4, 0.5) is 4.39 Å². The van der Waals surface area contributed by atoms with Gasteiger partial charge in [0.05, 0.1) is 59.8 Å². The summed E-state index contributed by atoms with van der Waals surface area (Å²) >= 11 is 0. The van der Waals surface area contributed by atoms with Crippen molar-refractivity contribution in [2.45, 2.75) is 18.0 Å². The molecule has 0 bridgehead atoms. The molecule has 0 spiro atoms. The first-order chi connectivity index (χ1) is 20.3. The highest BCUT2D eigenvalue weighted by molar-refractivity contribution is 7.89. The van der Waals surface area contributed by atoms with E-state index in [4.69, 9.17) is 15.2 Å². The monoisotopic (exact) mass is 588 g/mol. The van der Waals surface area contributed by atoms with Crippen LogP contribution in [0.5, 0.6) is 11.5 Å². The molecule has 5 rings (SSSR count). The number of hydrogen-bond donors (Lipinski definition) is 2. The number of aromatic nitrogens is 4. The average Bonchev–Trinajstić information content (AvgIpc) is 3.04. The molecule has 0 saturated heterocycles. The van der Waals surface area contributed by atoms with Crippen LogP contribution < -0.4 is 19.9 Å². The number of benzene rings is 1. The Balaban J connectivity index is 0.000000216. The molecule has 5 aromatic rings. The first-order valence-corrected chi connectivity index (χ1v) is 14.2. The second-order valence-electron chi connectivity index (χ2n) is 8.68. The van der Waals surface area contributed by atoms with Gasteiger partial charge >= 0.3 is 0 Å². The smallest absolute Gasteiger partial charge is 0.240 e. The Kier molecular flexibility index (Phi) is 10.2. The molecule has 1 aromatic carbocycles. The van der Waals surface area contributed by atoms with Gasteiger partial charge in [0.1, 0.15) is 17.3 Å². The zero-order chi connectivity index (χ0) is 30.0. The Morgan fingerprint density at radius 3 is 1.74 bits per heavy atom. The van der Waals surface area contributed by atoms with Crippen LogP contribution in [0.25, 0.3) is 22.8 Å². The minimum absolute atomic E-state index is 0.0215. The fourth-order valence-corrected chi connectivity index (χ4v) is 4.71. The molecule has 0 atom stereocenters. The third kappa shape index (κ3) is 8.13. The fraction of sp³-hybridized carbons (Fsp3) is 0.133. The molecule has 10 nitrogen and oxygen atoms in total. The van der Waals surface area contributed by atoms with Crippen molar-refractivity contribution in [3.05, 3.63) is 115 Å². The predicted molar refractivity (Wildman–Crippen MR) is 156 cm³/mol. The lowest BCUT2D eigenvalue weighted by molar-refractivity contribution is 0.413. The molecule has 3 N–H and O–H groups in total. The van der Waals surface area contributed by atoms with E-state index >= 15 is 0 Å². The van der Waals surface area contributed by atoms with Crippen molar-refractivity contribution in [1.82, 2.24) is 24.7 Å². The molecule has 0 aliphatic heterocycles. The van der Waals surface area contributed by atoms with Gasteiger partial charge in [-0.15, -0.1) is 0 Å². The van der Waals surface area contributed by atoms with Gasteiger partial charge in [-0.25, -0.2) is 27.5 Å². The Labute approximate surface area is 243 Å². The van der Waals surface area contributed by atoms with Crippen LogP contribution in [-0.2, 0) is 23.1 Å². The number of halogens is 1. The molecular formula is C30H29FN6O4S. The lowest BCUT2D eigenvalue weighted by Gasteiger charge is -2.10. The van der Waals surface area contributed by atoms with Crippen molar-refractivity contribution < 1.29 is 22.3 Å². The van der Waals surface area contributed by atoms with E-state index in [0.717, 1.165) is 35.0 Å². The minimum atomic E-state index is -3.79. The van der Waals surface area contributed by atoms with E-state index < -0.39 is 15.8 Å². The van der Waals surface area contributed by atoms with E-state index in [9.17, 15) is 12.8 Å². The highest BCUT2D eigenvalue weighted by Crippen LogP contribution is 2.22. The second kappa shape index (κ2) is 14.2. The van der Waals surface area contributed by atoms with E-state index in [-0.39, 0.29) is 11.4 Å². The zero-order valence-electron chi connectivity index (χ0n) is 22.9. The van der Waals surface area contributed by atoms with Crippen LogP contribution in [0.1, 0.15) is 11.4 Å². The largest absolute Gasteiger partial charge is 0.497 e. The summed E-state index contributed by atoms with van der Waals surface area (Å²) in [6, 6.07) is 22.8. The maximum atomic E-state index is 13.0. The first kappa shape index (κ1) is 30.2. The van der Waals surface area contributed by atoms with Crippen molar-refractivity contribution in [3.8, 4) is 34.3 Å². The molecule has 0 radical (unpaired) electrons. The summed E-state index contributed by atoms with van der Waals surface area (Å²) in [6.07, 6.45) is 3.38. The summed E-state index contributed by atoms with van der Waals surface area (Å²) in [6.45, 7) is 0.341. The summed E-state index contributed by atoms with van der Waals surface area (Å²) in [5.74, 6) is 0.783. The number of pyridine rings is 4. The molecule has 216 valence electrons. The van der Waals surface area contributed by atoms with Gasteiger partial charge in [-0.1, -0.05) is 12.1 Å². The zero-order valence-corrected chi connectivity index (χ0v) is 23.8. The molecule has 12 heteroatoms. The van der Waals surface area contributed by atoms with Crippen molar-refractivity contribution in [1.29, 1.82) is 0 Å². The van der Waals surface area contributed by atoms with Crippen LogP contribution in [-0.4, -0.2) is 42.6 Å². The van der Waals surface area contributed by atoms with Gasteiger partial charge in [0.25, 0.3) is 0 Å². The summed E-state index contributed by atoms with van der Waals surface area (Å²) in [5.41, 5.74) is 9.65.